The monoisotopic (exact) mass is 207 g/mol. The first-order valence-corrected chi connectivity index (χ1v) is 4.88. The van der Waals surface area contributed by atoms with Gasteiger partial charge >= 0.3 is 0 Å². The molecule has 5 heteroatoms. The van der Waals surface area contributed by atoms with E-state index in [2.05, 4.69) is 9.97 Å². The zero-order valence-electron chi connectivity index (χ0n) is 8.20. The maximum Gasteiger partial charge on any atom is 0.274 e. The lowest BCUT2D eigenvalue weighted by atomic mass is 10.4. The van der Waals surface area contributed by atoms with Crippen molar-refractivity contribution in [3.05, 3.63) is 34.3 Å². The van der Waals surface area contributed by atoms with E-state index in [4.69, 9.17) is 0 Å². The first kappa shape index (κ1) is 8.64. The highest BCUT2D eigenvalue weighted by atomic mass is 19.1. The van der Waals surface area contributed by atoms with E-state index < -0.39 is 6.17 Å². The van der Waals surface area contributed by atoms with E-state index in [0.717, 1.165) is 5.69 Å². The van der Waals surface area contributed by atoms with Gasteiger partial charge in [0.2, 0.25) is 0 Å². The number of halogens is 1. The topological polar surface area (TPSA) is 50.2 Å². The minimum atomic E-state index is -0.796. The zero-order valence-corrected chi connectivity index (χ0v) is 8.20. The van der Waals surface area contributed by atoms with Gasteiger partial charge in [-0.15, -0.1) is 0 Å². The molecule has 0 radical (unpaired) electrons. The van der Waals surface area contributed by atoms with Gasteiger partial charge in [-0.2, -0.15) is 0 Å². The molecule has 1 fully saturated rings. The summed E-state index contributed by atoms with van der Waals surface area (Å²) in [7, 11) is 0. The highest BCUT2D eigenvalue weighted by Crippen LogP contribution is 2.42. The number of alkyl halides is 1. The lowest BCUT2D eigenvalue weighted by Crippen LogP contribution is -2.11. The Bertz CT molecular complexity index is 586. The fraction of sp³-hybridized carbons (Fsp3) is 0.400. The van der Waals surface area contributed by atoms with Gasteiger partial charge in [-0.05, 0) is 13.3 Å². The molecule has 15 heavy (non-hydrogen) atoms. The Labute approximate surface area is 84.8 Å². The summed E-state index contributed by atoms with van der Waals surface area (Å²) < 4.78 is 14.6. The lowest BCUT2D eigenvalue weighted by molar-refractivity contribution is 0.464. The Morgan fingerprint density at radius 1 is 1.67 bits per heavy atom. The van der Waals surface area contributed by atoms with Crippen LogP contribution in [0.3, 0.4) is 0 Å². The number of nitrogens with zero attached hydrogens (tertiary/aromatic N) is 2. The summed E-state index contributed by atoms with van der Waals surface area (Å²) in [6, 6.07) is 0. The molecule has 0 saturated heterocycles. The van der Waals surface area contributed by atoms with Gasteiger partial charge in [0.05, 0.1) is 12.1 Å². The summed E-state index contributed by atoms with van der Waals surface area (Å²) in [6.45, 7) is 1.80. The summed E-state index contributed by atoms with van der Waals surface area (Å²) in [4.78, 5) is 18.3. The Hall–Kier alpha value is -1.65. The molecule has 0 unspecified atom stereocenters. The number of nitrogens with one attached hydrogen (secondary N) is 1. The van der Waals surface area contributed by atoms with Crippen molar-refractivity contribution >= 4 is 5.52 Å². The van der Waals surface area contributed by atoms with E-state index in [9.17, 15) is 9.18 Å². The van der Waals surface area contributed by atoms with E-state index in [-0.39, 0.29) is 11.5 Å². The number of imidazole rings is 1. The van der Waals surface area contributed by atoms with Gasteiger partial charge in [-0.1, -0.05) is 0 Å². The zero-order chi connectivity index (χ0) is 10.6. The average Bonchev–Trinajstić information content (AvgIpc) is 2.74. The molecule has 2 heterocycles. The molecule has 1 saturated carbocycles. The van der Waals surface area contributed by atoms with Crippen LogP contribution in [0.5, 0.6) is 0 Å². The third-order valence-electron chi connectivity index (χ3n) is 2.74. The van der Waals surface area contributed by atoms with Gasteiger partial charge in [0.15, 0.2) is 0 Å². The number of aryl methyl sites for hydroxylation is 1. The number of aromatic nitrogens is 3. The van der Waals surface area contributed by atoms with Gasteiger partial charge in [0, 0.05) is 11.9 Å². The fourth-order valence-corrected chi connectivity index (χ4v) is 1.85. The van der Waals surface area contributed by atoms with Crippen LogP contribution >= 0.6 is 0 Å². The molecule has 1 N–H and O–H groups in total. The molecule has 2 atom stereocenters. The van der Waals surface area contributed by atoms with Crippen molar-refractivity contribution in [2.24, 2.45) is 0 Å². The van der Waals surface area contributed by atoms with E-state index in [1.54, 1.807) is 17.5 Å². The SMILES string of the molecule is Cc1cn2c([C@@H]3C[C@H]3F)ncc2c(=O)[nH]1. The van der Waals surface area contributed by atoms with Crippen molar-refractivity contribution in [2.45, 2.75) is 25.4 Å². The molecule has 2 aromatic rings. The minimum absolute atomic E-state index is 0.131. The van der Waals surface area contributed by atoms with Crippen LogP contribution in [0.4, 0.5) is 4.39 Å². The van der Waals surface area contributed by atoms with Gasteiger partial charge in [-0.25, -0.2) is 9.37 Å². The largest absolute Gasteiger partial charge is 0.323 e. The molecule has 0 aromatic carbocycles. The summed E-state index contributed by atoms with van der Waals surface area (Å²) in [5.41, 5.74) is 1.06. The summed E-state index contributed by atoms with van der Waals surface area (Å²) in [6.07, 6.45) is 3.00. The summed E-state index contributed by atoms with van der Waals surface area (Å²) in [5, 5.41) is 0. The second-order valence-electron chi connectivity index (χ2n) is 4.00. The number of fused-ring (bicyclic) bond motifs is 1. The summed E-state index contributed by atoms with van der Waals surface area (Å²) >= 11 is 0. The Balaban J connectivity index is 2.29. The maximum absolute atomic E-state index is 12.9. The van der Waals surface area contributed by atoms with E-state index >= 15 is 0 Å². The third-order valence-corrected chi connectivity index (χ3v) is 2.74. The number of hydrogen-bond acceptors (Lipinski definition) is 2. The fourth-order valence-electron chi connectivity index (χ4n) is 1.85. The Kier molecular flexibility index (Phi) is 1.55. The standard InChI is InChI=1S/C10H10FN3O/c1-5-4-14-8(10(15)13-5)3-12-9(14)6-2-7(6)11/h3-4,6-7H,2H2,1H3,(H,13,15)/t6-,7-/m1/s1. The molecular weight excluding hydrogens is 197 g/mol. The molecule has 0 amide bonds. The van der Waals surface area contributed by atoms with Crippen LogP contribution < -0.4 is 5.56 Å². The van der Waals surface area contributed by atoms with Gasteiger partial charge < -0.3 is 4.98 Å². The minimum Gasteiger partial charge on any atom is -0.323 e. The molecule has 4 nitrogen and oxygen atoms in total. The van der Waals surface area contributed by atoms with Crippen molar-refractivity contribution in [2.75, 3.05) is 0 Å². The molecule has 0 aliphatic heterocycles. The van der Waals surface area contributed by atoms with E-state index in [1.165, 1.54) is 6.20 Å². The highest BCUT2D eigenvalue weighted by molar-refractivity contribution is 5.45. The van der Waals surface area contributed by atoms with Crippen LogP contribution in [0.25, 0.3) is 5.52 Å². The molecule has 0 spiro atoms. The van der Waals surface area contributed by atoms with Crippen molar-refractivity contribution in [1.29, 1.82) is 0 Å². The molecule has 1 aliphatic rings. The Morgan fingerprint density at radius 3 is 3.07 bits per heavy atom. The number of rotatable bonds is 1. The Morgan fingerprint density at radius 2 is 2.40 bits per heavy atom. The lowest BCUT2D eigenvalue weighted by Gasteiger charge is -1.99. The van der Waals surface area contributed by atoms with E-state index in [1.807, 2.05) is 0 Å². The van der Waals surface area contributed by atoms with Crippen LogP contribution in [0.15, 0.2) is 17.2 Å². The first-order chi connectivity index (χ1) is 7.16. The van der Waals surface area contributed by atoms with Crippen LogP contribution in [0.2, 0.25) is 0 Å². The second kappa shape index (κ2) is 2.68. The number of aromatic amines is 1. The summed E-state index contributed by atoms with van der Waals surface area (Å²) in [5.74, 6) is 0.528. The van der Waals surface area contributed by atoms with Crippen LogP contribution in [-0.2, 0) is 0 Å². The van der Waals surface area contributed by atoms with Crippen molar-refractivity contribution < 1.29 is 4.39 Å². The highest BCUT2D eigenvalue weighted by Gasteiger charge is 2.41. The molecular formula is C10H10FN3O. The van der Waals surface area contributed by atoms with Crippen LogP contribution in [0, 0.1) is 6.92 Å². The predicted molar refractivity (Wildman–Crippen MR) is 52.8 cm³/mol. The molecule has 1 aliphatic carbocycles. The quantitative estimate of drug-likeness (QED) is 0.762. The normalized spacial score (nSPS) is 24.7. The maximum atomic E-state index is 12.9. The molecule has 3 rings (SSSR count). The predicted octanol–water partition coefficient (Wildman–Crippen LogP) is 1.16. The third kappa shape index (κ3) is 1.19. The van der Waals surface area contributed by atoms with Crippen molar-refractivity contribution in [3.63, 3.8) is 0 Å². The molecule has 2 aromatic heterocycles. The first-order valence-electron chi connectivity index (χ1n) is 4.88. The van der Waals surface area contributed by atoms with Crippen molar-refractivity contribution in [3.8, 4) is 0 Å². The molecule has 78 valence electrons. The van der Waals surface area contributed by atoms with Gasteiger partial charge in [-0.3, -0.25) is 9.20 Å². The van der Waals surface area contributed by atoms with Crippen LogP contribution in [-0.4, -0.2) is 20.5 Å². The number of H-pyrrole nitrogens is 1. The smallest absolute Gasteiger partial charge is 0.274 e. The second-order valence-corrected chi connectivity index (χ2v) is 4.00. The van der Waals surface area contributed by atoms with Gasteiger partial charge in [0.25, 0.3) is 5.56 Å². The van der Waals surface area contributed by atoms with Crippen LogP contribution in [0.1, 0.15) is 23.9 Å². The molecule has 0 bridgehead atoms. The van der Waals surface area contributed by atoms with Crippen molar-refractivity contribution in [1.82, 2.24) is 14.4 Å². The van der Waals surface area contributed by atoms with Gasteiger partial charge in [0.1, 0.15) is 17.5 Å². The van der Waals surface area contributed by atoms with E-state index in [0.29, 0.717) is 17.8 Å². The average molecular weight is 207 g/mol. The number of hydrogen-bond donors (Lipinski definition) is 1.